The Balaban J connectivity index is 2.52. The summed E-state index contributed by atoms with van der Waals surface area (Å²) in [5.74, 6) is 1.28. The molecule has 1 aromatic heterocycles. The second-order valence-corrected chi connectivity index (χ2v) is 4.14. The molecule has 2 rings (SSSR count). The Morgan fingerprint density at radius 1 is 1.33 bits per heavy atom. The summed E-state index contributed by atoms with van der Waals surface area (Å²) in [7, 11) is 0. The molecule has 1 aromatic carbocycles. The number of hydrogen-bond donors (Lipinski definition) is 1. The second-order valence-electron chi connectivity index (χ2n) is 3.23. The average Bonchev–Trinajstić information content (AvgIpc) is 2.61. The molecule has 0 unspecified atom stereocenters. The zero-order valence-electron chi connectivity index (χ0n) is 8.33. The molecule has 0 fully saturated rings. The van der Waals surface area contributed by atoms with Gasteiger partial charge in [0.05, 0.1) is 5.56 Å². The van der Waals surface area contributed by atoms with Gasteiger partial charge >= 0.3 is 0 Å². The summed E-state index contributed by atoms with van der Waals surface area (Å²) in [5.41, 5.74) is 7.71. The molecule has 0 aliphatic rings. The van der Waals surface area contributed by atoms with E-state index in [0.717, 1.165) is 27.8 Å². The Labute approximate surface area is 96.4 Å². The molecule has 0 saturated carbocycles. The topological polar surface area (TPSA) is 52.0 Å². The molecular formula is C11H11BrN2O. The van der Waals surface area contributed by atoms with Crippen molar-refractivity contribution >= 4 is 21.7 Å². The number of hydrogen-bond acceptors (Lipinski definition) is 3. The Hall–Kier alpha value is -1.29. The highest BCUT2D eigenvalue weighted by atomic mass is 79.9. The normalized spacial score (nSPS) is 10.5. The van der Waals surface area contributed by atoms with Crippen LogP contribution in [0.15, 0.2) is 33.3 Å². The molecule has 78 valence electrons. The lowest BCUT2D eigenvalue weighted by molar-refractivity contribution is 0.390. The van der Waals surface area contributed by atoms with Gasteiger partial charge in [-0.1, -0.05) is 40.1 Å². The molecule has 0 radical (unpaired) electrons. The van der Waals surface area contributed by atoms with Gasteiger partial charge in [0, 0.05) is 10.9 Å². The van der Waals surface area contributed by atoms with Crippen molar-refractivity contribution in [3.63, 3.8) is 0 Å². The minimum Gasteiger partial charge on any atom is -0.380 e. The first-order chi connectivity index (χ1) is 7.22. The van der Waals surface area contributed by atoms with Crippen molar-refractivity contribution in [2.24, 2.45) is 0 Å². The highest BCUT2D eigenvalue weighted by Gasteiger charge is 2.13. The number of aryl methyl sites for hydroxylation is 1. The fourth-order valence-corrected chi connectivity index (χ4v) is 1.77. The lowest BCUT2D eigenvalue weighted by Gasteiger charge is -2.00. The third-order valence-electron chi connectivity index (χ3n) is 2.24. The van der Waals surface area contributed by atoms with Gasteiger partial charge < -0.3 is 10.3 Å². The first kappa shape index (κ1) is 10.2. The highest BCUT2D eigenvalue weighted by Crippen LogP contribution is 2.30. The molecule has 3 nitrogen and oxygen atoms in total. The summed E-state index contributed by atoms with van der Waals surface area (Å²) >= 11 is 3.39. The first-order valence-electron chi connectivity index (χ1n) is 4.72. The van der Waals surface area contributed by atoms with Gasteiger partial charge in [-0.25, -0.2) is 0 Å². The van der Waals surface area contributed by atoms with Gasteiger partial charge in [0.1, 0.15) is 5.76 Å². The van der Waals surface area contributed by atoms with Gasteiger partial charge in [0.25, 0.3) is 0 Å². The Morgan fingerprint density at radius 2 is 2.00 bits per heavy atom. The van der Waals surface area contributed by atoms with E-state index in [1.165, 1.54) is 0 Å². The van der Waals surface area contributed by atoms with E-state index in [2.05, 4.69) is 21.1 Å². The van der Waals surface area contributed by atoms with Crippen LogP contribution in [-0.2, 0) is 6.42 Å². The molecule has 0 spiro atoms. The molecule has 1 heterocycles. The average molecular weight is 267 g/mol. The Morgan fingerprint density at radius 3 is 2.60 bits per heavy atom. The van der Waals surface area contributed by atoms with Crippen LogP contribution in [0.1, 0.15) is 12.7 Å². The van der Waals surface area contributed by atoms with Gasteiger partial charge in [0.2, 0.25) is 0 Å². The van der Waals surface area contributed by atoms with Crippen LogP contribution >= 0.6 is 15.9 Å². The molecule has 4 heteroatoms. The second kappa shape index (κ2) is 4.06. The van der Waals surface area contributed by atoms with Crippen molar-refractivity contribution < 1.29 is 4.52 Å². The van der Waals surface area contributed by atoms with Gasteiger partial charge in [-0.05, 0) is 17.7 Å². The maximum absolute atomic E-state index is 5.77. The quantitative estimate of drug-likeness (QED) is 0.908. The van der Waals surface area contributed by atoms with E-state index < -0.39 is 0 Å². The van der Waals surface area contributed by atoms with E-state index in [9.17, 15) is 0 Å². The van der Waals surface area contributed by atoms with Crippen LogP contribution in [0.5, 0.6) is 0 Å². The van der Waals surface area contributed by atoms with Crippen LogP contribution in [0.2, 0.25) is 0 Å². The van der Waals surface area contributed by atoms with Crippen LogP contribution < -0.4 is 5.73 Å². The van der Waals surface area contributed by atoms with Crippen molar-refractivity contribution in [2.45, 2.75) is 13.3 Å². The van der Waals surface area contributed by atoms with Crippen molar-refractivity contribution in [1.29, 1.82) is 0 Å². The van der Waals surface area contributed by atoms with Crippen molar-refractivity contribution in [1.82, 2.24) is 5.16 Å². The molecule has 0 saturated heterocycles. The number of halogens is 1. The predicted molar refractivity (Wildman–Crippen MR) is 63.4 cm³/mol. The number of nitrogens with zero attached hydrogens (tertiary/aromatic N) is 1. The molecule has 15 heavy (non-hydrogen) atoms. The largest absolute Gasteiger partial charge is 0.380 e. The van der Waals surface area contributed by atoms with Crippen LogP contribution in [0.25, 0.3) is 11.1 Å². The fourth-order valence-electron chi connectivity index (χ4n) is 1.51. The summed E-state index contributed by atoms with van der Waals surface area (Å²) in [6, 6.07) is 7.93. The van der Waals surface area contributed by atoms with Gasteiger partial charge in [-0.2, -0.15) is 0 Å². The number of aromatic nitrogens is 1. The van der Waals surface area contributed by atoms with Crippen molar-refractivity contribution in [3.8, 4) is 11.1 Å². The predicted octanol–water partition coefficient (Wildman–Crippen LogP) is 3.25. The first-order valence-corrected chi connectivity index (χ1v) is 5.51. The highest BCUT2D eigenvalue weighted by molar-refractivity contribution is 9.10. The number of nitrogens with two attached hydrogens (primary N) is 1. The van der Waals surface area contributed by atoms with Crippen molar-refractivity contribution in [2.75, 3.05) is 5.73 Å². The van der Waals surface area contributed by atoms with Crippen LogP contribution in [-0.4, -0.2) is 5.16 Å². The third kappa shape index (κ3) is 1.90. The third-order valence-corrected chi connectivity index (χ3v) is 2.77. The summed E-state index contributed by atoms with van der Waals surface area (Å²) in [6.45, 7) is 2.02. The van der Waals surface area contributed by atoms with Gasteiger partial charge in [-0.3, -0.25) is 0 Å². The molecule has 0 aliphatic heterocycles. The minimum atomic E-state index is 0.453. The summed E-state index contributed by atoms with van der Waals surface area (Å²) in [6.07, 6.45) is 0.787. The zero-order valence-corrected chi connectivity index (χ0v) is 9.91. The maximum Gasteiger partial charge on any atom is 0.175 e. The van der Waals surface area contributed by atoms with Crippen LogP contribution in [0.3, 0.4) is 0 Å². The molecular weight excluding hydrogens is 256 g/mol. The summed E-state index contributed by atoms with van der Waals surface area (Å²) < 4.78 is 6.18. The van der Waals surface area contributed by atoms with Gasteiger partial charge in [0.15, 0.2) is 5.82 Å². The SMILES string of the molecule is CCc1onc(N)c1-c1ccc(Br)cc1. The van der Waals surface area contributed by atoms with Crippen molar-refractivity contribution in [3.05, 3.63) is 34.5 Å². The number of rotatable bonds is 2. The minimum absolute atomic E-state index is 0.453. The molecule has 0 aliphatic carbocycles. The summed E-state index contributed by atoms with van der Waals surface area (Å²) in [5, 5.41) is 3.78. The Bertz CT molecular complexity index is 462. The molecule has 2 aromatic rings. The maximum atomic E-state index is 5.77. The molecule has 0 amide bonds. The van der Waals surface area contributed by atoms with Crippen LogP contribution in [0, 0.1) is 0 Å². The zero-order chi connectivity index (χ0) is 10.8. The fraction of sp³-hybridized carbons (Fsp3) is 0.182. The van der Waals surface area contributed by atoms with Gasteiger partial charge in [-0.15, -0.1) is 0 Å². The monoisotopic (exact) mass is 266 g/mol. The van der Waals surface area contributed by atoms with E-state index in [1.807, 2.05) is 31.2 Å². The number of benzene rings is 1. The lowest BCUT2D eigenvalue weighted by Crippen LogP contribution is -1.89. The number of anilines is 1. The lowest BCUT2D eigenvalue weighted by atomic mass is 10.1. The van der Waals surface area contributed by atoms with E-state index in [1.54, 1.807) is 0 Å². The standard InChI is InChI=1S/C11H11BrN2O/c1-2-9-10(11(13)14-15-9)7-3-5-8(12)6-4-7/h3-6H,2H2,1H3,(H2,13,14). The number of nitrogen functional groups attached to an aromatic ring is 1. The van der Waals surface area contributed by atoms with E-state index in [0.29, 0.717) is 5.82 Å². The smallest absolute Gasteiger partial charge is 0.175 e. The molecule has 0 atom stereocenters. The molecule has 2 N–H and O–H groups in total. The molecule has 0 bridgehead atoms. The Kier molecular flexibility index (Phi) is 2.77. The van der Waals surface area contributed by atoms with E-state index in [4.69, 9.17) is 10.3 Å². The van der Waals surface area contributed by atoms with E-state index in [-0.39, 0.29) is 0 Å². The summed E-state index contributed by atoms with van der Waals surface area (Å²) in [4.78, 5) is 0. The van der Waals surface area contributed by atoms with Crippen LogP contribution in [0.4, 0.5) is 5.82 Å². The van der Waals surface area contributed by atoms with E-state index >= 15 is 0 Å².